The van der Waals surface area contributed by atoms with Gasteiger partial charge in [-0.05, 0) is 30.5 Å². The van der Waals surface area contributed by atoms with Crippen LogP contribution in [-0.2, 0) is 11.3 Å². The summed E-state index contributed by atoms with van der Waals surface area (Å²) in [4.78, 5) is 29.3. The predicted octanol–water partition coefficient (Wildman–Crippen LogP) is 3.43. The smallest absolute Gasteiger partial charge is 0.262 e. The van der Waals surface area contributed by atoms with Crippen molar-refractivity contribution >= 4 is 44.5 Å². The molecule has 0 bridgehead atoms. The summed E-state index contributed by atoms with van der Waals surface area (Å²) in [5, 5.41) is 4.02. The lowest BCUT2D eigenvalue weighted by Crippen LogP contribution is -2.28. The van der Waals surface area contributed by atoms with Gasteiger partial charge in [0.2, 0.25) is 5.91 Å². The lowest BCUT2D eigenvalue weighted by Gasteiger charge is -2.15. The van der Waals surface area contributed by atoms with Gasteiger partial charge in [0.05, 0.1) is 16.7 Å². The average Bonchev–Trinajstić information content (AvgIpc) is 2.54. The van der Waals surface area contributed by atoms with Crippen LogP contribution >= 0.6 is 27.7 Å². The second kappa shape index (κ2) is 8.67. The molecule has 1 aromatic heterocycles. The van der Waals surface area contributed by atoms with Gasteiger partial charge in [-0.3, -0.25) is 14.2 Å². The van der Waals surface area contributed by atoms with Crippen LogP contribution in [0.25, 0.3) is 10.9 Å². The Hall–Kier alpha value is -1.34. The number of nitrogens with zero attached hydrogens (tertiary/aromatic N) is 2. The average molecular weight is 412 g/mol. The summed E-state index contributed by atoms with van der Waals surface area (Å²) in [6, 6.07) is 5.48. The molecule has 0 saturated carbocycles. The Kier molecular flexibility index (Phi) is 6.86. The summed E-state index contributed by atoms with van der Waals surface area (Å²) >= 11 is 4.71. The Morgan fingerprint density at radius 2 is 2.17 bits per heavy atom. The minimum absolute atomic E-state index is 0.0388. The molecule has 7 heteroatoms. The van der Waals surface area contributed by atoms with Crippen molar-refractivity contribution in [1.29, 1.82) is 0 Å². The summed E-state index contributed by atoms with van der Waals surface area (Å²) in [5.74, 6) is 0.525. The van der Waals surface area contributed by atoms with E-state index in [1.54, 1.807) is 10.6 Å². The summed E-state index contributed by atoms with van der Waals surface area (Å²) in [7, 11) is 0. The molecule has 0 aliphatic rings. The van der Waals surface area contributed by atoms with Gasteiger partial charge in [-0.1, -0.05) is 48.5 Å². The van der Waals surface area contributed by atoms with Crippen LogP contribution in [0.15, 0.2) is 32.6 Å². The number of nitrogens with one attached hydrogen (secondary N) is 1. The normalized spacial score (nSPS) is 11.2. The Morgan fingerprint density at radius 3 is 2.83 bits per heavy atom. The molecule has 2 aromatic rings. The largest absolute Gasteiger partial charge is 0.355 e. The molecule has 0 aliphatic carbocycles. The first-order valence-electron chi connectivity index (χ1n) is 8.02. The van der Waals surface area contributed by atoms with Gasteiger partial charge in [0, 0.05) is 17.6 Å². The third kappa shape index (κ3) is 4.83. The number of benzene rings is 1. The third-order valence-corrected chi connectivity index (χ3v) is 4.80. The molecule has 24 heavy (non-hydrogen) atoms. The summed E-state index contributed by atoms with van der Waals surface area (Å²) in [6.07, 6.45) is 0.900. The number of rotatable bonds is 7. The number of thioether (sulfide) groups is 1. The van der Waals surface area contributed by atoms with Crippen molar-refractivity contribution in [2.45, 2.75) is 38.9 Å². The van der Waals surface area contributed by atoms with Crippen LogP contribution < -0.4 is 10.9 Å². The van der Waals surface area contributed by atoms with Crippen LogP contribution in [0.2, 0.25) is 0 Å². The van der Waals surface area contributed by atoms with Crippen molar-refractivity contribution in [3.63, 3.8) is 0 Å². The zero-order chi connectivity index (χ0) is 17.7. The number of halogens is 1. The van der Waals surface area contributed by atoms with Crippen LogP contribution in [0.3, 0.4) is 0 Å². The molecule has 130 valence electrons. The lowest BCUT2D eigenvalue weighted by atomic mass is 10.2. The maximum absolute atomic E-state index is 12.8. The van der Waals surface area contributed by atoms with Gasteiger partial charge in [-0.2, -0.15) is 0 Å². The van der Waals surface area contributed by atoms with Gasteiger partial charge in [0.1, 0.15) is 0 Å². The minimum atomic E-state index is -0.0635. The predicted molar refractivity (Wildman–Crippen MR) is 103 cm³/mol. The highest BCUT2D eigenvalue weighted by molar-refractivity contribution is 9.10. The molecule has 1 N–H and O–H groups in total. The van der Waals surface area contributed by atoms with Crippen LogP contribution in [0.5, 0.6) is 0 Å². The van der Waals surface area contributed by atoms with Crippen molar-refractivity contribution in [2.75, 3.05) is 12.3 Å². The third-order valence-electron chi connectivity index (χ3n) is 3.33. The zero-order valence-electron chi connectivity index (χ0n) is 14.1. The minimum Gasteiger partial charge on any atom is -0.355 e. The first kappa shape index (κ1) is 19.0. The fourth-order valence-corrected chi connectivity index (χ4v) is 3.45. The molecular formula is C17H22BrN3O2S. The van der Waals surface area contributed by atoms with Crippen LogP contribution in [0, 0.1) is 5.92 Å². The van der Waals surface area contributed by atoms with Crippen LogP contribution in [-0.4, -0.2) is 27.8 Å². The molecule has 1 heterocycles. The number of carbonyl (C=O) groups is 1. The molecule has 0 atom stereocenters. The van der Waals surface area contributed by atoms with Gasteiger partial charge in [-0.25, -0.2) is 4.98 Å². The highest BCUT2D eigenvalue weighted by Gasteiger charge is 2.14. The fraction of sp³-hybridized carbons (Fsp3) is 0.471. The number of aromatic nitrogens is 2. The molecule has 2 rings (SSSR count). The van der Waals surface area contributed by atoms with Gasteiger partial charge in [0.15, 0.2) is 5.16 Å². The monoisotopic (exact) mass is 411 g/mol. The first-order valence-corrected chi connectivity index (χ1v) is 9.79. The molecular weight excluding hydrogens is 390 g/mol. The van der Waals surface area contributed by atoms with E-state index in [0.717, 1.165) is 10.9 Å². The molecule has 0 radical (unpaired) electrons. The summed E-state index contributed by atoms with van der Waals surface area (Å²) in [6.45, 7) is 7.36. The van der Waals surface area contributed by atoms with Crippen LogP contribution in [0.1, 0.15) is 27.2 Å². The Morgan fingerprint density at radius 1 is 1.42 bits per heavy atom. The van der Waals surface area contributed by atoms with Gasteiger partial charge >= 0.3 is 0 Å². The second-order valence-electron chi connectivity index (χ2n) is 6.00. The fourth-order valence-electron chi connectivity index (χ4n) is 2.25. The molecule has 0 fully saturated rings. The number of hydrogen-bond donors (Lipinski definition) is 1. The highest BCUT2D eigenvalue weighted by atomic mass is 79.9. The van der Waals surface area contributed by atoms with Gasteiger partial charge < -0.3 is 5.32 Å². The first-order chi connectivity index (χ1) is 11.4. The SMILES string of the molecule is CCCNC(=O)CSc1nc2ccc(Br)cc2c(=O)n1CC(C)C. The standard InChI is InChI=1S/C17H22BrN3O2S/c1-4-7-19-15(22)10-24-17-20-14-6-5-12(18)8-13(14)16(23)21(17)9-11(2)3/h5-6,8,11H,4,7,9-10H2,1-3H3,(H,19,22). The second-order valence-corrected chi connectivity index (χ2v) is 7.86. The van der Waals surface area contributed by atoms with Crippen molar-refractivity contribution in [3.05, 3.63) is 33.0 Å². The quantitative estimate of drug-likeness (QED) is 0.559. The molecule has 5 nitrogen and oxygen atoms in total. The number of hydrogen-bond acceptors (Lipinski definition) is 4. The van der Waals surface area contributed by atoms with Gasteiger partial charge in [0.25, 0.3) is 5.56 Å². The zero-order valence-corrected chi connectivity index (χ0v) is 16.5. The Bertz CT molecular complexity index is 789. The molecule has 0 spiro atoms. The van der Waals surface area contributed by atoms with Crippen molar-refractivity contribution in [1.82, 2.24) is 14.9 Å². The Balaban J connectivity index is 2.37. The van der Waals surface area contributed by atoms with Crippen LogP contribution in [0.4, 0.5) is 0 Å². The molecule has 0 saturated heterocycles. The van der Waals surface area contributed by atoms with E-state index in [2.05, 4.69) is 40.1 Å². The number of carbonyl (C=O) groups excluding carboxylic acids is 1. The van der Waals surface area contributed by atoms with Crippen molar-refractivity contribution in [2.24, 2.45) is 5.92 Å². The lowest BCUT2D eigenvalue weighted by molar-refractivity contribution is -0.118. The summed E-state index contributed by atoms with van der Waals surface area (Å²) < 4.78 is 2.53. The topological polar surface area (TPSA) is 64.0 Å². The van der Waals surface area contributed by atoms with E-state index < -0.39 is 0 Å². The summed E-state index contributed by atoms with van der Waals surface area (Å²) in [5.41, 5.74) is 0.589. The number of amides is 1. The Labute approximate surface area is 154 Å². The van der Waals surface area contributed by atoms with E-state index in [1.807, 2.05) is 19.1 Å². The van der Waals surface area contributed by atoms with Gasteiger partial charge in [-0.15, -0.1) is 0 Å². The molecule has 0 unspecified atom stereocenters. The van der Waals surface area contributed by atoms with Crippen molar-refractivity contribution < 1.29 is 4.79 Å². The molecule has 1 amide bonds. The van der Waals surface area contributed by atoms with Crippen molar-refractivity contribution in [3.8, 4) is 0 Å². The van der Waals surface area contributed by atoms with E-state index >= 15 is 0 Å². The molecule has 0 aliphatic heterocycles. The van der Waals surface area contributed by atoms with E-state index in [-0.39, 0.29) is 17.2 Å². The highest BCUT2D eigenvalue weighted by Crippen LogP contribution is 2.21. The van der Waals surface area contributed by atoms with E-state index in [0.29, 0.717) is 35.1 Å². The molecule has 1 aromatic carbocycles. The van der Waals surface area contributed by atoms with E-state index in [9.17, 15) is 9.59 Å². The van der Waals surface area contributed by atoms with E-state index in [1.165, 1.54) is 11.8 Å². The number of fused-ring (bicyclic) bond motifs is 1. The van der Waals surface area contributed by atoms with E-state index in [4.69, 9.17) is 0 Å². The maximum Gasteiger partial charge on any atom is 0.262 e. The maximum atomic E-state index is 12.8.